The minimum absolute atomic E-state index is 0.101. The first-order chi connectivity index (χ1) is 27.9. The Morgan fingerprint density at radius 3 is 1.60 bits per heavy atom. The predicted octanol–water partition coefficient (Wildman–Crippen LogP) is 13.2. The van der Waals surface area contributed by atoms with Crippen molar-refractivity contribution in [2.24, 2.45) is 0 Å². The molecule has 0 saturated carbocycles. The molecule has 0 fully saturated rings. The standard InChI is InChI=1S/C46H31NO/c1-3-11-32(12-4-1)34-21-26-37(27-22-34)47(38-28-23-35(24-29-38)33-13-5-2-6-14-33)44-19-10-17-40-39(16-9-18-41(40)44)36-25-30-46-43(31-36)42-15-7-8-20-45(42)48-46/h1-31H/i1D,2D,3D,4D,5D,6D,11D,12D,13D,14D. The van der Waals surface area contributed by atoms with Crippen molar-refractivity contribution < 1.29 is 18.1 Å². The van der Waals surface area contributed by atoms with Gasteiger partial charge < -0.3 is 9.32 Å². The molecule has 0 aliphatic carbocycles. The number of rotatable bonds is 6. The fourth-order valence-electron chi connectivity index (χ4n) is 6.40. The van der Waals surface area contributed by atoms with Gasteiger partial charge >= 0.3 is 0 Å². The Morgan fingerprint density at radius 1 is 0.396 bits per heavy atom. The van der Waals surface area contributed by atoms with Crippen molar-refractivity contribution >= 4 is 49.8 Å². The average molecular weight is 624 g/mol. The first kappa shape index (κ1) is 19.3. The Bertz CT molecular complexity index is 2950. The highest BCUT2D eigenvalue weighted by Crippen LogP contribution is 2.43. The van der Waals surface area contributed by atoms with E-state index in [1.807, 2.05) is 71.6 Å². The number of para-hydroxylation sites is 1. The van der Waals surface area contributed by atoms with Gasteiger partial charge in [0.1, 0.15) is 11.2 Å². The summed E-state index contributed by atoms with van der Waals surface area (Å²) in [4.78, 5) is 2.04. The number of fused-ring (bicyclic) bond motifs is 4. The van der Waals surface area contributed by atoms with Crippen molar-refractivity contribution in [2.75, 3.05) is 4.90 Å². The monoisotopic (exact) mass is 623 g/mol. The van der Waals surface area contributed by atoms with E-state index in [1.54, 1.807) is 24.3 Å². The molecule has 1 heterocycles. The van der Waals surface area contributed by atoms with Crippen molar-refractivity contribution in [3.8, 4) is 33.4 Å². The maximum Gasteiger partial charge on any atom is 0.135 e. The molecule has 0 radical (unpaired) electrons. The van der Waals surface area contributed by atoms with E-state index in [0.29, 0.717) is 22.5 Å². The van der Waals surface area contributed by atoms with E-state index in [0.717, 1.165) is 49.5 Å². The van der Waals surface area contributed by atoms with Crippen molar-refractivity contribution in [1.82, 2.24) is 0 Å². The lowest BCUT2D eigenvalue weighted by Gasteiger charge is -2.27. The predicted molar refractivity (Wildman–Crippen MR) is 202 cm³/mol. The average Bonchev–Trinajstić information content (AvgIpc) is 3.63. The van der Waals surface area contributed by atoms with E-state index in [1.165, 1.54) is 0 Å². The van der Waals surface area contributed by atoms with Crippen LogP contribution in [0.3, 0.4) is 0 Å². The number of hydrogen-bond donors (Lipinski definition) is 0. The molecule has 2 heteroatoms. The maximum atomic E-state index is 8.55. The van der Waals surface area contributed by atoms with Crippen LogP contribution in [0.25, 0.3) is 66.1 Å². The van der Waals surface area contributed by atoms with Gasteiger partial charge in [-0.25, -0.2) is 0 Å². The van der Waals surface area contributed by atoms with Crippen LogP contribution in [0.2, 0.25) is 0 Å². The lowest BCUT2D eigenvalue weighted by atomic mass is 9.95. The van der Waals surface area contributed by atoms with Crippen LogP contribution < -0.4 is 4.90 Å². The van der Waals surface area contributed by atoms with E-state index in [-0.39, 0.29) is 35.3 Å². The quantitative estimate of drug-likeness (QED) is 0.183. The van der Waals surface area contributed by atoms with E-state index < -0.39 is 36.3 Å². The number of nitrogens with zero attached hydrogens (tertiary/aromatic N) is 1. The van der Waals surface area contributed by atoms with Crippen molar-refractivity contribution in [1.29, 1.82) is 0 Å². The molecule has 9 rings (SSSR count). The van der Waals surface area contributed by atoms with Gasteiger partial charge in [0, 0.05) is 27.5 Å². The number of furan rings is 1. The van der Waals surface area contributed by atoms with E-state index in [2.05, 4.69) is 36.4 Å². The lowest BCUT2D eigenvalue weighted by Crippen LogP contribution is -2.10. The minimum atomic E-state index is -0.457. The Morgan fingerprint density at radius 2 is 0.938 bits per heavy atom. The van der Waals surface area contributed by atoms with Crippen molar-refractivity contribution in [2.45, 2.75) is 0 Å². The molecule has 0 N–H and O–H groups in total. The molecule has 0 amide bonds. The zero-order valence-corrected chi connectivity index (χ0v) is 25.5. The molecule has 0 aliphatic heterocycles. The second-order valence-corrected chi connectivity index (χ2v) is 11.4. The van der Waals surface area contributed by atoms with E-state index in [9.17, 15) is 0 Å². The third-order valence-corrected chi connectivity index (χ3v) is 8.66. The fraction of sp³-hybridized carbons (Fsp3) is 0. The summed E-state index contributed by atoms with van der Waals surface area (Å²) in [6, 6.07) is 36.9. The van der Waals surface area contributed by atoms with Crippen LogP contribution in [-0.4, -0.2) is 0 Å². The topological polar surface area (TPSA) is 16.4 Å². The molecule has 0 spiro atoms. The van der Waals surface area contributed by atoms with Gasteiger partial charge in [0.15, 0.2) is 0 Å². The van der Waals surface area contributed by atoms with Crippen molar-refractivity contribution in [3.63, 3.8) is 0 Å². The summed E-state index contributed by atoms with van der Waals surface area (Å²) < 4.78 is 89.2. The lowest BCUT2D eigenvalue weighted by molar-refractivity contribution is 0.669. The zero-order valence-electron chi connectivity index (χ0n) is 35.5. The molecule has 9 aromatic rings. The smallest absolute Gasteiger partial charge is 0.135 e. The first-order valence-corrected chi connectivity index (χ1v) is 15.5. The number of benzene rings is 8. The summed E-state index contributed by atoms with van der Waals surface area (Å²) in [6.07, 6.45) is 0. The summed E-state index contributed by atoms with van der Waals surface area (Å²) in [6.45, 7) is 0. The molecule has 0 unspecified atom stereocenters. The molecule has 8 aromatic carbocycles. The highest BCUT2D eigenvalue weighted by Gasteiger charge is 2.18. The van der Waals surface area contributed by atoms with Crippen LogP contribution >= 0.6 is 0 Å². The molecule has 0 aliphatic rings. The van der Waals surface area contributed by atoms with Crippen LogP contribution in [-0.2, 0) is 0 Å². The summed E-state index contributed by atoms with van der Waals surface area (Å²) >= 11 is 0. The van der Waals surface area contributed by atoms with Gasteiger partial charge in [-0.3, -0.25) is 0 Å². The van der Waals surface area contributed by atoms with Crippen LogP contribution in [0.5, 0.6) is 0 Å². The SMILES string of the molecule is [2H]c1c([2H])c([2H])c(-c2ccc(N(c3ccc(-c4c([2H])c([2H])c([2H])c([2H])c4[2H])cc3)c3cccc4c(-c5ccc6oc7ccccc7c6c5)cccc34)cc2)c([2H])c1[2H]. The van der Waals surface area contributed by atoms with Crippen molar-refractivity contribution in [3.05, 3.63) is 188 Å². The minimum Gasteiger partial charge on any atom is -0.456 e. The molecule has 226 valence electrons. The van der Waals surface area contributed by atoms with Gasteiger partial charge in [-0.2, -0.15) is 0 Å². The highest BCUT2D eigenvalue weighted by molar-refractivity contribution is 6.09. The van der Waals surface area contributed by atoms with Gasteiger partial charge in [0.2, 0.25) is 0 Å². The summed E-state index contributed by atoms with van der Waals surface area (Å²) in [7, 11) is 0. The summed E-state index contributed by atoms with van der Waals surface area (Å²) in [5, 5.41) is 3.97. The molecular weight excluding hydrogens is 583 g/mol. The fourth-order valence-corrected chi connectivity index (χ4v) is 6.40. The zero-order chi connectivity index (χ0) is 40.6. The summed E-state index contributed by atoms with van der Waals surface area (Å²) in [5.41, 5.74) is 7.00. The third-order valence-electron chi connectivity index (χ3n) is 8.66. The molecule has 2 nitrogen and oxygen atoms in total. The highest BCUT2D eigenvalue weighted by atomic mass is 16.3. The van der Waals surface area contributed by atoms with Gasteiger partial charge in [-0.05, 0) is 87.3 Å². The summed E-state index contributed by atoms with van der Waals surface area (Å²) in [5.74, 6) is 0. The van der Waals surface area contributed by atoms with E-state index in [4.69, 9.17) is 18.1 Å². The Kier molecular flexibility index (Phi) is 4.74. The molecule has 48 heavy (non-hydrogen) atoms. The Hall–Kier alpha value is -6.38. The van der Waals surface area contributed by atoms with Gasteiger partial charge in [-0.15, -0.1) is 0 Å². The second-order valence-electron chi connectivity index (χ2n) is 11.4. The van der Waals surface area contributed by atoms with Crippen LogP contribution in [0.4, 0.5) is 17.1 Å². The normalized spacial score (nSPS) is 14.2. The molecule has 0 saturated heterocycles. The Labute approximate surface area is 293 Å². The Balaban J connectivity index is 1.22. The first-order valence-electron chi connectivity index (χ1n) is 20.5. The second kappa shape index (κ2) is 11.8. The molecule has 1 aromatic heterocycles. The number of anilines is 3. The molecule has 0 bridgehead atoms. The van der Waals surface area contributed by atoms with Crippen LogP contribution in [0.1, 0.15) is 13.7 Å². The third kappa shape index (κ3) is 4.92. The molecule has 0 atom stereocenters. The van der Waals surface area contributed by atoms with Crippen LogP contribution in [0.15, 0.2) is 192 Å². The van der Waals surface area contributed by atoms with Gasteiger partial charge in [0.05, 0.1) is 19.4 Å². The van der Waals surface area contributed by atoms with Gasteiger partial charge in [0.25, 0.3) is 0 Å². The van der Waals surface area contributed by atoms with Crippen LogP contribution in [0, 0.1) is 0 Å². The molecular formula is C46H31NO. The van der Waals surface area contributed by atoms with E-state index >= 15 is 0 Å². The maximum absolute atomic E-state index is 8.55. The number of hydrogen-bond acceptors (Lipinski definition) is 2. The van der Waals surface area contributed by atoms with Gasteiger partial charge in [-0.1, -0.05) is 139 Å². The largest absolute Gasteiger partial charge is 0.456 e.